The Labute approximate surface area is 113 Å². The number of hydrogen-bond donors (Lipinski definition) is 2. The summed E-state index contributed by atoms with van der Waals surface area (Å²) in [7, 11) is 1.91. The van der Waals surface area contributed by atoms with Crippen molar-refractivity contribution in [2.45, 2.75) is 6.42 Å². The van der Waals surface area contributed by atoms with Gasteiger partial charge in [-0.2, -0.15) is 9.97 Å². The molecule has 0 aliphatic heterocycles. The van der Waals surface area contributed by atoms with Crippen LogP contribution in [0.2, 0.25) is 5.28 Å². The van der Waals surface area contributed by atoms with Gasteiger partial charge in [0.25, 0.3) is 0 Å². The number of H-pyrrole nitrogens is 1. The molecule has 3 aromatic rings. The van der Waals surface area contributed by atoms with Crippen LogP contribution < -0.4 is 5.32 Å². The molecule has 0 saturated carbocycles. The smallest absolute Gasteiger partial charge is 0.226 e. The van der Waals surface area contributed by atoms with Gasteiger partial charge in [-0.1, -0.05) is 0 Å². The van der Waals surface area contributed by atoms with E-state index < -0.39 is 0 Å². The topological polar surface area (TPSA) is 97.2 Å². The molecule has 98 valence electrons. The molecule has 0 aromatic carbocycles. The summed E-state index contributed by atoms with van der Waals surface area (Å²) in [5, 5.41) is 11.2. The monoisotopic (exact) mass is 278 g/mol. The molecule has 0 saturated heterocycles. The molecule has 2 N–H and O–H groups in total. The minimum Gasteiger partial charge on any atom is -0.368 e. The molecule has 0 aliphatic carbocycles. The lowest BCUT2D eigenvalue weighted by Gasteiger charge is -2.06. The number of rotatable bonds is 4. The van der Waals surface area contributed by atoms with Gasteiger partial charge < -0.3 is 14.9 Å². The molecule has 3 rings (SSSR count). The van der Waals surface area contributed by atoms with Crippen LogP contribution in [0, 0.1) is 0 Å². The van der Waals surface area contributed by atoms with Gasteiger partial charge in [0.05, 0.1) is 6.33 Å². The van der Waals surface area contributed by atoms with Crippen molar-refractivity contribution in [3.8, 4) is 0 Å². The van der Waals surface area contributed by atoms with E-state index in [4.69, 9.17) is 11.6 Å². The Morgan fingerprint density at radius 3 is 3.11 bits per heavy atom. The molecule has 0 aliphatic rings. The van der Waals surface area contributed by atoms with Crippen LogP contribution >= 0.6 is 11.6 Å². The van der Waals surface area contributed by atoms with Crippen LogP contribution in [0.25, 0.3) is 11.2 Å². The lowest BCUT2D eigenvalue weighted by molar-refractivity contribution is 0.787. The van der Waals surface area contributed by atoms with E-state index in [9.17, 15) is 0 Å². The highest BCUT2D eigenvalue weighted by Gasteiger charge is 2.08. The van der Waals surface area contributed by atoms with Crippen LogP contribution in [0.1, 0.15) is 5.82 Å². The second-order valence-corrected chi connectivity index (χ2v) is 4.32. The Hall–Kier alpha value is -2.22. The Morgan fingerprint density at radius 2 is 2.32 bits per heavy atom. The van der Waals surface area contributed by atoms with Crippen LogP contribution in [0.4, 0.5) is 5.82 Å². The minimum absolute atomic E-state index is 0.167. The first-order valence-corrected chi connectivity index (χ1v) is 6.05. The zero-order valence-corrected chi connectivity index (χ0v) is 10.9. The third-order valence-electron chi connectivity index (χ3n) is 2.70. The van der Waals surface area contributed by atoms with Crippen LogP contribution in [0.5, 0.6) is 0 Å². The van der Waals surface area contributed by atoms with Gasteiger partial charge in [0.1, 0.15) is 17.7 Å². The number of hydrogen-bond acceptors (Lipinski definition) is 6. The van der Waals surface area contributed by atoms with Crippen molar-refractivity contribution in [3.05, 3.63) is 23.8 Å². The fourth-order valence-corrected chi connectivity index (χ4v) is 1.93. The molecule has 19 heavy (non-hydrogen) atoms. The first-order chi connectivity index (χ1) is 9.24. The largest absolute Gasteiger partial charge is 0.368 e. The highest BCUT2D eigenvalue weighted by molar-refractivity contribution is 6.28. The summed E-state index contributed by atoms with van der Waals surface area (Å²) in [4.78, 5) is 15.2. The predicted octanol–water partition coefficient (Wildman–Crippen LogP) is 0.789. The van der Waals surface area contributed by atoms with Crippen LogP contribution in [0.3, 0.4) is 0 Å². The van der Waals surface area contributed by atoms with Gasteiger partial charge in [0, 0.05) is 20.0 Å². The van der Waals surface area contributed by atoms with E-state index in [1.807, 2.05) is 11.6 Å². The number of halogens is 1. The van der Waals surface area contributed by atoms with Crippen molar-refractivity contribution in [1.29, 1.82) is 0 Å². The first-order valence-electron chi connectivity index (χ1n) is 5.67. The maximum atomic E-state index is 5.84. The van der Waals surface area contributed by atoms with E-state index in [2.05, 4.69) is 35.5 Å². The normalized spacial score (nSPS) is 11.1. The molecule has 9 heteroatoms. The van der Waals surface area contributed by atoms with Crippen molar-refractivity contribution in [1.82, 2.24) is 34.7 Å². The molecule has 0 amide bonds. The highest BCUT2D eigenvalue weighted by atomic mass is 35.5. The fraction of sp³-hybridized carbons (Fsp3) is 0.300. The fourth-order valence-electron chi connectivity index (χ4n) is 1.76. The van der Waals surface area contributed by atoms with Crippen LogP contribution in [-0.4, -0.2) is 41.2 Å². The summed E-state index contributed by atoms with van der Waals surface area (Å²) < 4.78 is 1.88. The second kappa shape index (κ2) is 4.81. The number of aromatic amines is 1. The summed E-state index contributed by atoms with van der Waals surface area (Å²) in [5.74, 6) is 1.53. The van der Waals surface area contributed by atoms with E-state index in [-0.39, 0.29) is 5.28 Å². The zero-order valence-electron chi connectivity index (χ0n) is 10.1. The highest BCUT2D eigenvalue weighted by Crippen LogP contribution is 2.18. The van der Waals surface area contributed by atoms with Crippen LogP contribution in [0.15, 0.2) is 12.7 Å². The average Bonchev–Trinajstić information content (AvgIpc) is 2.98. The Balaban J connectivity index is 1.75. The standard InChI is InChI=1S/C10H11ClN8/c1-19-5-15-18-6(19)2-3-12-8-7-9(14-4-13-7)17-10(11)16-8/h4-5H,2-3H2,1H3,(H2,12,13,14,16,17). The van der Waals surface area contributed by atoms with Gasteiger partial charge in [-0.05, 0) is 11.6 Å². The van der Waals surface area contributed by atoms with Gasteiger partial charge >= 0.3 is 0 Å². The third kappa shape index (κ3) is 2.34. The zero-order chi connectivity index (χ0) is 13.2. The number of aryl methyl sites for hydroxylation is 1. The number of nitrogens with one attached hydrogen (secondary N) is 2. The van der Waals surface area contributed by atoms with Crippen molar-refractivity contribution < 1.29 is 0 Å². The predicted molar refractivity (Wildman–Crippen MR) is 69.9 cm³/mol. The van der Waals surface area contributed by atoms with E-state index in [0.717, 1.165) is 17.8 Å². The maximum absolute atomic E-state index is 5.84. The summed E-state index contributed by atoms with van der Waals surface area (Å²) in [6, 6.07) is 0. The van der Waals surface area contributed by atoms with E-state index in [1.165, 1.54) is 0 Å². The number of fused-ring (bicyclic) bond motifs is 1. The average molecular weight is 279 g/mol. The molecule has 0 atom stereocenters. The van der Waals surface area contributed by atoms with Gasteiger partial charge in [-0.3, -0.25) is 0 Å². The van der Waals surface area contributed by atoms with Gasteiger partial charge in [-0.15, -0.1) is 10.2 Å². The second-order valence-electron chi connectivity index (χ2n) is 3.98. The summed E-state index contributed by atoms with van der Waals surface area (Å²) in [5.41, 5.74) is 1.28. The van der Waals surface area contributed by atoms with E-state index in [1.54, 1.807) is 12.7 Å². The molecule has 0 bridgehead atoms. The molecule has 0 radical (unpaired) electrons. The number of imidazole rings is 1. The lowest BCUT2D eigenvalue weighted by atomic mass is 10.4. The molecule has 0 unspecified atom stereocenters. The molecule has 0 spiro atoms. The van der Waals surface area contributed by atoms with Gasteiger partial charge in [0.15, 0.2) is 11.5 Å². The molecular weight excluding hydrogens is 268 g/mol. The first kappa shape index (κ1) is 11.8. The minimum atomic E-state index is 0.167. The van der Waals surface area contributed by atoms with E-state index >= 15 is 0 Å². The summed E-state index contributed by atoms with van der Waals surface area (Å²) >= 11 is 5.84. The maximum Gasteiger partial charge on any atom is 0.226 e. The van der Waals surface area contributed by atoms with Gasteiger partial charge in [0.2, 0.25) is 5.28 Å². The molecular formula is C10H11ClN8. The molecule has 0 fully saturated rings. The number of aromatic nitrogens is 7. The quantitative estimate of drug-likeness (QED) is 0.685. The summed E-state index contributed by atoms with van der Waals surface area (Å²) in [6.07, 6.45) is 3.96. The number of anilines is 1. The summed E-state index contributed by atoms with van der Waals surface area (Å²) in [6.45, 7) is 0.661. The molecule has 3 aromatic heterocycles. The van der Waals surface area contributed by atoms with Crippen molar-refractivity contribution in [2.75, 3.05) is 11.9 Å². The van der Waals surface area contributed by atoms with Gasteiger partial charge in [-0.25, -0.2) is 4.98 Å². The third-order valence-corrected chi connectivity index (χ3v) is 2.87. The van der Waals surface area contributed by atoms with Crippen molar-refractivity contribution in [2.24, 2.45) is 7.05 Å². The van der Waals surface area contributed by atoms with E-state index in [0.29, 0.717) is 18.0 Å². The van der Waals surface area contributed by atoms with Crippen molar-refractivity contribution >= 4 is 28.6 Å². The SMILES string of the molecule is Cn1cnnc1CCNc1nc(Cl)nc2nc[nH]c12. The lowest BCUT2D eigenvalue weighted by Crippen LogP contribution is -2.10. The molecule has 8 nitrogen and oxygen atoms in total. The Bertz CT molecular complexity index is 702. The Kier molecular flexibility index (Phi) is 3.00. The number of nitrogens with zero attached hydrogens (tertiary/aromatic N) is 6. The van der Waals surface area contributed by atoms with Crippen LogP contribution in [-0.2, 0) is 13.5 Å². The molecule has 3 heterocycles. The Morgan fingerprint density at radius 1 is 1.42 bits per heavy atom. The van der Waals surface area contributed by atoms with Crippen molar-refractivity contribution in [3.63, 3.8) is 0 Å².